The number of nitrogens with zero attached hydrogens (tertiary/aromatic N) is 2. The molecule has 1 saturated carbocycles. The van der Waals surface area contributed by atoms with E-state index >= 15 is 0 Å². The fraction of sp³-hybridized carbons (Fsp3) is 0.286. The Hall–Kier alpha value is -3.15. The Labute approximate surface area is 155 Å². The molecule has 3 heterocycles. The van der Waals surface area contributed by atoms with Gasteiger partial charge in [-0.15, -0.1) is 0 Å². The molecule has 2 aromatic heterocycles. The molecule has 1 aromatic carbocycles. The van der Waals surface area contributed by atoms with E-state index in [1.165, 1.54) is 6.07 Å². The SMILES string of the molecule is Cc1ccccc1-c1cc(=O)oc2nc(N3CC4CC4C3C(=O)O)ccc12. The van der Waals surface area contributed by atoms with Crippen molar-refractivity contribution in [2.24, 2.45) is 11.8 Å². The van der Waals surface area contributed by atoms with E-state index in [2.05, 4.69) is 4.98 Å². The largest absolute Gasteiger partial charge is 0.480 e. The maximum atomic E-state index is 12.1. The van der Waals surface area contributed by atoms with Crippen LogP contribution < -0.4 is 10.5 Å². The first-order valence-corrected chi connectivity index (χ1v) is 9.03. The molecule has 1 aliphatic carbocycles. The number of pyridine rings is 1. The number of benzene rings is 1. The van der Waals surface area contributed by atoms with Gasteiger partial charge in [-0.05, 0) is 48.4 Å². The summed E-state index contributed by atoms with van der Waals surface area (Å²) in [5.41, 5.74) is 2.56. The highest BCUT2D eigenvalue weighted by Gasteiger charge is 2.56. The highest BCUT2D eigenvalue weighted by Crippen LogP contribution is 2.50. The predicted octanol–water partition coefficient (Wildman–Crippen LogP) is 3.07. The zero-order chi connectivity index (χ0) is 18.7. The number of hydrogen-bond acceptors (Lipinski definition) is 5. The predicted molar refractivity (Wildman–Crippen MR) is 101 cm³/mol. The van der Waals surface area contributed by atoms with Crippen LogP contribution in [0.4, 0.5) is 5.82 Å². The van der Waals surface area contributed by atoms with Gasteiger partial charge in [0.05, 0.1) is 0 Å². The Balaban J connectivity index is 1.64. The van der Waals surface area contributed by atoms with Gasteiger partial charge >= 0.3 is 11.6 Å². The molecule has 3 aromatic rings. The number of hydrogen-bond donors (Lipinski definition) is 1. The fourth-order valence-corrected chi connectivity index (χ4v) is 4.31. The van der Waals surface area contributed by atoms with Crippen molar-refractivity contribution >= 4 is 22.9 Å². The molecule has 136 valence electrons. The van der Waals surface area contributed by atoms with E-state index in [1.54, 1.807) is 0 Å². The van der Waals surface area contributed by atoms with Crippen molar-refractivity contribution in [1.29, 1.82) is 0 Å². The minimum absolute atomic E-state index is 0.199. The lowest BCUT2D eigenvalue weighted by Crippen LogP contribution is -2.39. The molecule has 1 saturated heterocycles. The lowest BCUT2D eigenvalue weighted by Gasteiger charge is -2.25. The molecular formula is C21H18N2O4. The summed E-state index contributed by atoms with van der Waals surface area (Å²) >= 11 is 0. The lowest BCUT2D eigenvalue weighted by molar-refractivity contribution is -0.138. The quantitative estimate of drug-likeness (QED) is 0.771. The van der Waals surface area contributed by atoms with Gasteiger partial charge in [0.25, 0.3) is 0 Å². The molecule has 5 rings (SSSR count). The summed E-state index contributed by atoms with van der Waals surface area (Å²) in [5.74, 6) is 0.350. The van der Waals surface area contributed by atoms with E-state index in [9.17, 15) is 14.7 Å². The summed E-state index contributed by atoms with van der Waals surface area (Å²) in [6.07, 6.45) is 0.966. The van der Waals surface area contributed by atoms with Crippen molar-refractivity contribution in [1.82, 2.24) is 4.98 Å². The molecule has 3 unspecified atom stereocenters. The Morgan fingerprint density at radius 3 is 2.81 bits per heavy atom. The van der Waals surface area contributed by atoms with Crippen molar-refractivity contribution in [3.63, 3.8) is 0 Å². The summed E-state index contributed by atoms with van der Waals surface area (Å²) in [7, 11) is 0. The summed E-state index contributed by atoms with van der Waals surface area (Å²) in [5, 5.41) is 10.3. The molecule has 6 heteroatoms. The number of aromatic nitrogens is 1. The molecule has 2 aliphatic rings. The Kier molecular flexibility index (Phi) is 3.37. The van der Waals surface area contributed by atoms with Crippen LogP contribution in [-0.4, -0.2) is 28.6 Å². The summed E-state index contributed by atoms with van der Waals surface area (Å²) < 4.78 is 5.36. The van der Waals surface area contributed by atoms with Crippen LogP contribution in [0.5, 0.6) is 0 Å². The number of carboxylic acids is 1. The van der Waals surface area contributed by atoms with Crippen LogP contribution in [0.25, 0.3) is 22.2 Å². The third-order valence-electron chi connectivity index (χ3n) is 5.73. The first-order chi connectivity index (χ1) is 13.0. The monoisotopic (exact) mass is 362 g/mol. The second-order valence-electron chi connectivity index (χ2n) is 7.41. The smallest absolute Gasteiger partial charge is 0.338 e. The van der Waals surface area contributed by atoms with Crippen LogP contribution in [0, 0.1) is 18.8 Å². The maximum absolute atomic E-state index is 12.1. The number of carboxylic acid groups (broad SMARTS) is 1. The van der Waals surface area contributed by atoms with Gasteiger partial charge in [0.2, 0.25) is 5.71 Å². The van der Waals surface area contributed by atoms with Crippen LogP contribution in [0.2, 0.25) is 0 Å². The highest BCUT2D eigenvalue weighted by atomic mass is 16.4. The van der Waals surface area contributed by atoms with Crippen molar-refractivity contribution in [3.05, 3.63) is 58.4 Å². The molecule has 0 bridgehead atoms. The first-order valence-electron chi connectivity index (χ1n) is 9.03. The number of piperidine rings is 1. The second-order valence-corrected chi connectivity index (χ2v) is 7.41. The molecule has 3 atom stereocenters. The first kappa shape index (κ1) is 16.1. The molecule has 6 nitrogen and oxygen atoms in total. The minimum atomic E-state index is -0.822. The van der Waals surface area contributed by atoms with Crippen LogP contribution in [0.1, 0.15) is 12.0 Å². The summed E-state index contributed by atoms with van der Waals surface area (Å²) in [4.78, 5) is 30.2. The maximum Gasteiger partial charge on any atom is 0.338 e. The molecule has 1 aliphatic heterocycles. The normalized spacial score (nSPS) is 23.4. The molecule has 27 heavy (non-hydrogen) atoms. The molecule has 0 radical (unpaired) electrons. The Bertz CT molecular complexity index is 1140. The molecule has 1 N–H and O–H groups in total. The van der Waals surface area contributed by atoms with E-state index in [-0.39, 0.29) is 11.6 Å². The average Bonchev–Trinajstić information content (AvgIpc) is 3.29. The van der Waals surface area contributed by atoms with Crippen LogP contribution in [-0.2, 0) is 4.79 Å². The lowest BCUT2D eigenvalue weighted by atomic mass is 9.99. The number of fused-ring (bicyclic) bond motifs is 2. The molecule has 0 spiro atoms. The Morgan fingerprint density at radius 1 is 1.22 bits per heavy atom. The van der Waals surface area contributed by atoms with Gasteiger partial charge in [0, 0.05) is 23.6 Å². The van der Waals surface area contributed by atoms with Gasteiger partial charge in [-0.2, -0.15) is 4.98 Å². The zero-order valence-electron chi connectivity index (χ0n) is 14.8. The third kappa shape index (κ3) is 2.51. The standard InChI is InChI=1S/C21H18N2O4/c1-11-4-2-3-5-13(11)16-9-18(24)27-20-14(16)6-7-17(22-20)23-10-12-8-15(12)19(23)21(25)26/h2-7,9,12,15,19H,8,10H2,1H3,(H,25,26). The zero-order valence-corrected chi connectivity index (χ0v) is 14.8. The van der Waals surface area contributed by atoms with E-state index in [0.29, 0.717) is 18.3 Å². The van der Waals surface area contributed by atoms with E-state index < -0.39 is 17.6 Å². The summed E-state index contributed by atoms with van der Waals surface area (Å²) in [6.45, 7) is 2.67. The van der Waals surface area contributed by atoms with Gasteiger partial charge in [-0.1, -0.05) is 24.3 Å². The molecule has 2 fully saturated rings. The fourth-order valence-electron chi connectivity index (χ4n) is 4.31. The van der Waals surface area contributed by atoms with Gasteiger partial charge in [0.15, 0.2) is 0 Å². The number of rotatable bonds is 3. The van der Waals surface area contributed by atoms with E-state index in [0.717, 1.165) is 28.5 Å². The Morgan fingerprint density at radius 2 is 2.04 bits per heavy atom. The topological polar surface area (TPSA) is 83.6 Å². The van der Waals surface area contributed by atoms with E-state index in [1.807, 2.05) is 48.2 Å². The average molecular weight is 362 g/mol. The molecular weight excluding hydrogens is 344 g/mol. The van der Waals surface area contributed by atoms with Gasteiger partial charge in [-0.25, -0.2) is 9.59 Å². The third-order valence-corrected chi connectivity index (χ3v) is 5.73. The van der Waals surface area contributed by atoms with Gasteiger partial charge in [-0.3, -0.25) is 0 Å². The van der Waals surface area contributed by atoms with Crippen molar-refractivity contribution in [3.8, 4) is 11.1 Å². The van der Waals surface area contributed by atoms with Crippen molar-refractivity contribution in [2.75, 3.05) is 11.4 Å². The van der Waals surface area contributed by atoms with Crippen LogP contribution >= 0.6 is 0 Å². The number of anilines is 1. The van der Waals surface area contributed by atoms with Gasteiger partial charge in [0.1, 0.15) is 11.9 Å². The van der Waals surface area contributed by atoms with E-state index in [4.69, 9.17) is 4.42 Å². The van der Waals surface area contributed by atoms with Crippen molar-refractivity contribution < 1.29 is 14.3 Å². The van der Waals surface area contributed by atoms with Crippen LogP contribution in [0.3, 0.4) is 0 Å². The number of carbonyl (C=O) groups is 1. The molecule has 0 amide bonds. The number of aryl methyl sites for hydroxylation is 1. The second kappa shape index (κ2) is 5.67. The van der Waals surface area contributed by atoms with Crippen molar-refractivity contribution in [2.45, 2.75) is 19.4 Å². The van der Waals surface area contributed by atoms with Crippen LogP contribution in [0.15, 0.2) is 51.7 Å². The minimum Gasteiger partial charge on any atom is -0.480 e. The summed E-state index contributed by atoms with van der Waals surface area (Å²) in [6, 6.07) is 12.5. The van der Waals surface area contributed by atoms with Gasteiger partial charge < -0.3 is 14.4 Å². The highest BCUT2D eigenvalue weighted by molar-refractivity contribution is 5.93. The number of aliphatic carboxylic acids is 1.